The van der Waals surface area contributed by atoms with Crippen molar-refractivity contribution in [1.82, 2.24) is 5.32 Å². The molecule has 0 aliphatic carbocycles. The molecule has 1 N–H and O–H groups in total. The van der Waals surface area contributed by atoms with Crippen molar-refractivity contribution < 1.29 is 13.2 Å². The van der Waals surface area contributed by atoms with Crippen LogP contribution in [0.4, 0.5) is 0 Å². The maximum Gasteiger partial charge on any atom is 0.150 e. The summed E-state index contributed by atoms with van der Waals surface area (Å²) in [5, 5.41) is 3.29. The van der Waals surface area contributed by atoms with Crippen molar-refractivity contribution in [3.8, 4) is 0 Å². The fraction of sp³-hybridized carbons (Fsp3) is 1.00. The fourth-order valence-corrected chi connectivity index (χ4v) is 2.69. The third-order valence-electron chi connectivity index (χ3n) is 3.13. The van der Waals surface area contributed by atoms with Crippen LogP contribution < -0.4 is 5.32 Å². The average Bonchev–Trinajstić information content (AvgIpc) is 2.27. The number of piperidine rings is 1. The first-order valence-electron chi connectivity index (χ1n) is 6.08. The Labute approximate surface area is 98.7 Å². The van der Waals surface area contributed by atoms with E-state index in [-0.39, 0.29) is 17.6 Å². The van der Waals surface area contributed by atoms with E-state index < -0.39 is 9.84 Å². The van der Waals surface area contributed by atoms with E-state index in [2.05, 4.69) is 12.2 Å². The lowest BCUT2D eigenvalue weighted by Crippen LogP contribution is -2.41. The van der Waals surface area contributed by atoms with Crippen molar-refractivity contribution in [2.75, 3.05) is 31.2 Å². The monoisotopic (exact) mass is 249 g/mol. The second-order valence-corrected chi connectivity index (χ2v) is 6.94. The SMILES string of the molecule is CCS(=O)(=O)CCCOC1CNCCC1C. The average molecular weight is 249 g/mol. The molecule has 2 atom stereocenters. The van der Waals surface area contributed by atoms with Gasteiger partial charge in [-0.2, -0.15) is 0 Å². The van der Waals surface area contributed by atoms with Crippen molar-refractivity contribution in [3.63, 3.8) is 0 Å². The lowest BCUT2D eigenvalue weighted by atomic mass is 9.97. The van der Waals surface area contributed by atoms with Crippen LogP contribution in [0.1, 0.15) is 26.7 Å². The van der Waals surface area contributed by atoms with E-state index in [1.807, 2.05) is 0 Å². The minimum absolute atomic E-state index is 0.231. The molecule has 0 radical (unpaired) electrons. The van der Waals surface area contributed by atoms with Crippen LogP contribution in [0.3, 0.4) is 0 Å². The topological polar surface area (TPSA) is 55.4 Å². The number of rotatable bonds is 6. The van der Waals surface area contributed by atoms with E-state index >= 15 is 0 Å². The number of hydrogen-bond acceptors (Lipinski definition) is 4. The Morgan fingerprint density at radius 1 is 1.44 bits per heavy atom. The van der Waals surface area contributed by atoms with Crippen LogP contribution in [0.25, 0.3) is 0 Å². The van der Waals surface area contributed by atoms with Gasteiger partial charge in [0.15, 0.2) is 0 Å². The van der Waals surface area contributed by atoms with E-state index in [9.17, 15) is 8.42 Å². The first kappa shape index (κ1) is 13.9. The molecule has 2 unspecified atom stereocenters. The molecule has 0 aromatic heterocycles. The first-order chi connectivity index (χ1) is 7.55. The molecule has 0 saturated carbocycles. The molecule has 0 spiro atoms. The molecule has 0 amide bonds. The highest BCUT2D eigenvalue weighted by atomic mass is 32.2. The van der Waals surface area contributed by atoms with Gasteiger partial charge in [-0.3, -0.25) is 0 Å². The molecule has 96 valence electrons. The number of sulfone groups is 1. The van der Waals surface area contributed by atoms with Gasteiger partial charge in [0.25, 0.3) is 0 Å². The van der Waals surface area contributed by atoms with Crippen LogP contribution in [-0.2, 0) is 14.6 Å². The highest BCUT2D eigenvalue weighted by Gasteiger charge is 2.21. The summed E-state index contributed by atoms with van der Waals surface area (Å²) in [7, 11) is -2.83. The Bertz CT molecular complexity index is 290. The second kappa shape index (κ2) is 6.57. The molecule has 0 bridgehead atoms. The molecular weight excluding hydrogens is 226 g/mol. The Morgan fingerprint density at radius 3 is 2.81 bits per heavy atom. The smallest absolute Gasteiger partial charge is 0.150 e. The summed E-state index contributed by atoms with van der Waals surface area (Å²) >= 11 is 0. The Hall–Kier alpha value is -0.130. The van der Waals surface area contributed by atoms with Crippen molar-refractivity contribution in [2.45, 2.75) is 32.8 Å². The predicted octanol–water partition coefficient (Wildman–Crippen LogP) is 0.826. The summed E-state index contributed by atoms with van der Waals surface area (Å²) in [4.78, 5) is 0. The van der Waals surface area contributed by atoms with Crippen molar-refractivity contribution in [3.05, 3.63) is 0 Å². The molecule has 1 aliphatic rings. The molecule has 4 nitrogen and oxygen atoms in total. The van der Waals surface area contributed by atoms with Gasteiger partial charge in [0, 0.05) is 18.9 Å². The molecule has 1 saturated heterocycles. The van der Waals surface area contributed by atoms with Gasteiger partial charge in [0.2, 0.25) is 0 Å². The summed E-state index contributed by atoms with van der Waals surface area (Å²) in [6.07, 6.45) is 2.00. The summed E-state index contributed by atoms with van der Waals surface area (Å²) in [5.41, 5.74) is 0. The normalized spacial score (nSPS) is 26.9. The van der Waals surface area contributed by atoms with Gasteiger partial charge < -0.3 is 10.1 Å². The number of hydrogen-bond donors (Lipinski definition) is 1. The molecule has 1 aliphatic heterocycles. The van der Waals surface area contributed by atoms with E-state index in [0.29, 0.717) is 18.9 Å². The zero-order chi connectivity index (χ0) is 12.0. The van der Waals surface area contributed by atoms with Crippen LogP contribution in [0.15, 0.2) is 0 Å². The summed E-state index contributed by atoms with van der Waals surface area (Å²) in [6, 6.07) is 0. The largest absolute Gasteiger partial charge is 0.377 e. The maximum absolute atomic E-state index is 11.2. The van der Waals surface area contributed by atoms with E-state index in [4.69, 9.17) is 4.74 Å². The predicted molar refractivity (Wildman–Crippen MR) is 65.3 cm³/mol. The van der Waals surface area contributed by atoms with E-state index in [1.54, 1.807) is 6.92 Å². The zero-order valence-corrected chi connectivity index (χ0v) is 11.1. The van der Waals surface area contributed by atoms with Gasteiger partial charge in [-0.05, 0) is 25.3 Å². The van der Waals surface area contributed by atoms with Gasteiger partial charge in [-0.15, -0.1) is 0 Å². The highest BCUT2D eigenvalue weighted by molar-refractivity contribution is 7.91. The molecule has 1 heterocycles. The fourth-order valence-electron chi connectivity index (χ4n) is 1.84. The summed E-state index contributed by atoms with van der Waals surface area (Å²) in [5.74, 6) is 1.05. The Kier molecular flexibility index (Phi) is 5.72. The minimum Gasteiger partial charge on any atom is -0.377 e. The summed E-state index contributed by atoms with van der Waals surface area (Å²) in [6.45, 7) is 6.38. The molecule has 0 aromatic carbocycles. The van der Waals surface area contributed by atoms with E-state index in [0.717, 1.165) is 19.5 Å². The molecule has 1 rings (SSSR count). The lowest BCUT2D eigenvalue weighted by molar-refractivity contribution is 0.00477. The minimum atomic E-state index is -2.83. The van der Waals surface area contributed by atoms with Crippen LogP contribution in [0, 0.1) is 5.92 Å². The molecule has 16 heavy (non-hydrogen) atoms. The Balaban J connectivity index is 2.15. The highest BCUT2D eigenvalue weighted by Crippen LogP contribution is 2.14. The van der Waals surface area contributed by atoms with Gasteiger partial charge in [-0.25, -0.2) is 8.42 Å². The van der Waals surface area contributed by atoms with Gasteiger partial charge in [0.05, 0.1) is 11.9 Å². The van der Waals surface area contributed by atoms with Gasteiger partial charge >= 0.3 is 0 Å². The zero-order valence-electron chi connectivity index (χ0n) is 10.2. The lowest BCUT2D eigenvalue weighted by Gasteiger charge is -2.29. The van der Waals surface area contributed by atoms with Crippen molar-refractivity contribution >= 4 is 9.84 Å². The van der Waals surface area contributed by atoms with Gasteiger partial charge in [0.1, 0.15) is 9.84 Å². The summed E-state index contributed by atoms with van der Waals surface area (Å²) < 4.78 is 28.2. The van der Waals surface area contributed by atoms with Crippen molar-refractivity contribution in [2.24, 2.45) is 5.92 Å². The molecular formula is C11H23NO3S. The van der Waals surface area contributed by atoms with Crippen LogP contribution in [-0.4, -0.2) is 45.7 Å². The number of ether oxygens (including phenoxy) is 1. The maximum atomic E-state index is 11.2. The molecule has 1 fully saturated rings. The van der Waals surface area contributed by atoms with Crippen LogP contribution >= 0.6 is 0 Å². The standard InChI is InChI=1S/C11H23NO3S/c1-3-16(13,14)8-4-7-15-11-9-12-6-5-10(11)2/h10-12H,3-9H2,1-2H3. The number of nitrogens with one attached hydrogen (secondary N) is 1. The Morgan fingerprint density at radius 2 is 2.19 bits per heavy atom. The first-order valence-corrected chi connectivity index (χ1v) is 7.90. The second-order valence-electron chi connectivity index (χ2n) is 4.47. The molecule has 5 heteroatoms. The molecule has 0 aromatic rings. The van der Waals surface area contributed by atoms with E-state index in [1.165, 1.54) is 0 Å². The third-order valence-corrected chi connectivity index (χ3v) is 4.92. The van der Waals surface area contributed by atoms with Crippen LogP contribution in [0.2, 0.25) is 0 Å². The van der Waals surface area contributed by atoms with Gasteiger partial charge in [-0.1, -0.05) is 13.8 Å². The van der Waals surface area contributed by atoms with Crippen LogP contribution in [0.5, 0.6) is 0 Å². The van der Waals surface area contributed by atoms with Crippen molar-refractivity contribution in [1.29, 1.82) is 0 Å². The third kappa shape index (κ3) is 4.80. The quantitative estimate of drug-likeness (QED) is 0.708.